The number of benzene rings is 5. The Morgan fingerprint density at radius 1 is 0.383 bits per heavy atom. The third-order valence-corrected chi connectivity index (χ3v) is 8.64. The number of fused-ring (bicyclic) bond motifs is 5. The van der Waals surface area contributed by atoms with Crippen molar-refractivity contribution in [2.75, 3.05) is 0 Å². The second-order valence-corrected chi connectivity index (χ2v) is 11.6. The van der Waals surface area contributed by atoms with Gasteiger partial charge in [0.1, 0.15) is 11.2 Å². The summed E-state index contributed by atoms with van der Waals surface area (Å²) in [4.78, 5) is 20.2. The van der Waals surface area contributed by atoms with E-state index in [0.29, 0.717) is 5.82 Å². The highest BCUT2D eigenvalue weighted by atomic mass is 15.1. The molecular formula is C42H27N5. The van der Waals surface area contributed by atoms with Crippen LogP contribution in [-0.4, -0.2) is 24.3 Å². The maximum Gasteiger partial charge on any atom is 0.165 e. The number of aromatic nitrogens is 5. The number of imidazole rings is 1. The Hall–Kier alpha value is -6.46. The predicted octanol–water partition coefficient (Wildman–Crippen LogP) is 10.2. The SMILES string of the molecule is c1ccc(-c2cccc(-c3cc(-c4ccc(-c5nc6c(nc7ccccn76)c6ccccc56)cc4)nc(-c4ccccc4)n3)c2)cc1. The molecule has 0 amide bonds. The Morgan fingerprint density at radius 2 is 1.00 bits per heavy atom. The van der Waals surface area contributed by atoms with Crippen LogP contribution in [0.25, 0.3) is 83.9 Å². The van der Waals surface area contributed by atoms with Crippen molar-refractivity contribution in [3.8, 4) is 56.3 Å². The van der Waals surface area contributed by atoms with Gasteiger partial charge in [-0.3, -0.25) is 4.40 Å². The Kier molecular flexibility index (Phi) is 6.39. The lowest BCUT2D eigenvalue weighted by atomic mass is 9.99. The summed E-state index contributed by atoms with van der Waals surface area (Å²) in [6, 6.07) is 54.2. The molecule has 0 saturated heterocycles. The van der Waals surface area contributed by atoms with Gasteiger partial charge in [0.15, 0.2) is 11.5 Å². The Balaban J connectivity index is 1.17. The molecule has 0 fully saturated rings. The first-order valence-corrected chi connectivity index (χ1v) is 15.7. The van der Waals surface area contributed by atoms with Crippen molar-refractivity contribution < 1.29 is 0 Å². The van der Waals surface area contributed by atoms with Crippen LogP contribution in [0.2, 0.25) is 0 Å². The van der Waals surface area contributed by atoms with Gasteiger partial charge in [-0.25, -0.2) is 19.9 Å². The van der Waals surface area contributed by atoms with Gasteiger partial charge in [0.05, 0.1) is 17.1 Å². The molecule has 0 aliphatic heterocycles. The molecule has 4 aromatic heterocycles. The lowest BCUT2D eigenvalue weighted by Gasteiger charge is -2.12. The summed E-state index contributed by atoms with van der Waals surface area (Å²) in [6.07, 6.45) is 2.02. The molecule has 47 heavy (non-hydrogen) atoms. The van der Waals surface area contributed by atoms with E-state index in [-0.39, 0.29) is 0 Å². The molecule has 4 heterocycles. The standard InChI is InChI=1S/C42H27N5/c1-3-12-28(13-4-1)32-16-11-17-33(26-32)37-27-36(43-41(44-37)31-14-5-2-6-15-31)29-21-23-30(24-22-29)39-34-18-7-8-19-35(34)40-42(46-39)47-25-10-9-20-38(47)45-40/h1-27H. The van der Waals surface area contributed by atoms with Crippen LogP contribution in [0.15, 0.2) is 164 Å². The van der Waals surface area contributed by atoms with Crippen LogP contribution in [0.3, 0.4) is 0 Å². The Bertz CT molecular complexity index is 2550. The second kappa shape index (κ2) is 11.2. The molecule has 0 spiro atoms. The molecule has 0 unspecified atom stereocenters. The van der Waals surface area contributed by atoms with Gasteiger partial charge in [0.25, 0.3) is 0 Å². The monoisotopic (exact) mass is 601 g/mol. The molecule has 0 atom stereocenters. The fraction of sp³-hybridized carbons (Fsp3) is 0. The summed E-state index contributed by atoms with van der Waals surface area (Å²) in [5.74, 6) is 0.693. The molecule has 5 aromatic carbocycles. The quantitative estimate of drug-likeness (QED) is 0.197. The third-order valence-electron chi connectivity index (χ3n) is 8.64. The van der Waals surface area contributed by atoms with Gasteiger partial charge in [-0.1, -0.05) is 133 Å². The van der Waals surface area contributed by atoms with E-state index in [9.17, 15) is 0 Å². The van der Waals surface area contributed by atoms with Gasteiger partial charge in [-0.15, -0.1) is 0 Å². The fourth-order valence-corrected chi connectivity index (χ4v) is 6.30. The number of hydrogen-bond donors (Lipinski definition) is 0. The van der Waals surface area contributed by atoms with Gasteiger partial charge in [0, 0.05) is 39.2 Å². The van der Waals surface area contributed by atoms with E-state index in [4.69, 9.17) is 19.9 Å². The minimum Gasteiger partial charge on any atom is -0.284 e. The summed E-state index contributed by atoms with van der Waals surface area (Å²) in [6.45, 7) is 0. The number of pyridine rings is 2. The van der Waals surface area contributed by atoms with Crippen molar-refractivity contribution in [1.29, 1.82) is 0 Å². The van der Waals surface area contributed by atoms with Crippen molar-refractivity contribution in [3.05, 3.63) is 164 Å². The molecule has 220 valence electrons. The maximum atomic E-state index is 5.18. The van der Waals surface area contributed by atoms with Crippen LogP contribution >= 0.6 is 0 Å². The lowest BCUT2D eigenvalue weighted by Crippen LogP contribution is -1.96. The number of nitrogens with zero attached hydrogens (tertiary/aromatic N) is 5. The zero-order valence-electron chi connectivity index (χ0n) is 25.3. The molecule has 0 aliphatic rings. The van der Waals surface area contributed by atoms with Crippen molar-refractivity contribution >= 4 is 27.6 Å². The van der Waals surface area contributed by atoms with Gasteiger partial charge in [-0.05, 0) is 35.4 Å². The smallest absolute Gasteiger partial charge is 0.165 e. The average molecular weight is 602 g/mol. The zero-order valence-corrected chi connectivity index (χ0v) is 25.3. The molecule has 0 saturated carbocycles. The Labute approximate surface area is 271 Å². The van der Waals surface area contributed by atoms with E-state index >= 15 is 0 Å². The van der Waals surface area contributed by atoms with Gasteiger partial charge < -0.3 is 0 Å². The summed E-state index contributed by atoms with van der Waals surface area (Å²) < 4.78 is 2.06. The minimum atomic E-state index is 0.693. The second-order valence-electron chi connectivity index (χ2n) is 11.6. The van der Waals surface area contributed by atoms with Crippen LogP contribution < -0.4 is 0 Å². The highest BCUT2D eigenvalue weighted by molar-refractivity contribution is 6.09. The largest absolute Gasteiger partial charge is 0.284 e. The highest BCUT2D eigenvalue weighted by Gasteiger charge is 2.16. The molecule has 9 aromatic rings. The maximum absolute atomic E-state index is 5.18. The summed E-state index contributed by atoms with van der Waals surface area (Å²) in [5, 5.41) is 2.16. The molecule has 0 aliphatic carbocycles. The van der Waals surface area contributed by atoms with Crippen molar-refractivity contribution in [2.24, 2.45) is 0 Å². The van der Waals surface area contributed by atoms with Crippen molar-refractivity contribution in [1.82, 2.24) is 24.3 Å². The van der Waals surface area contributed by atoms with E-state index in [1.165, 1.54) is 5.56 Å². The molecule has 5 nitrogen and oxygen atoms in total. The topological polar surface area (TPSA) is 56.0 Å². The molecule has 0 radical (unpaired) electrons. The van der Waals surface area contributed by atoms with Gasteiger partial charge >= 0.3 is 0 Å². The minimum absolute atomic E-state index is 0.693. The third kappa shape index (κ3) is 4.82. The fourth-order valence-electron chi connectivity index (χ4n) is 6.30. The van der Waals surface area contributed by atoms with Crippen LogP contribution in [0.1, 0.15) is 0 Å². The van der Waals surface area contributed by atoms with Crippen LogP contribution in [0.5, 0.6) is 0 Å². The predicted molar refractivity (Wildman–Crippen MR) is 191 cm³/mol. The molecule has 9 rings (SSSR count). The molecular weight excluding hydrogens is 574 g/mol. The Morgan fingerprint density at radius 3 is 1.79 bits per heavy atom. The zero-order chi connectivity index (χ0) is 31.2. The first-order valence-electron chi connectivity index (χ1n) is 15.7. The summed E-state index contributed by atoms with van der Waals surface area (Å²) >= 11 is 0. The number of rotatable bonds is 5. The average Bonchev–Trinajstić information content (AvgIpc) is 3.54. The van der Waals surface area contributed by atoms with E-state index in [1.807, 2.05) is 48.7 Å². The first-order chi connectivity index (χ1) is 23.3. The summed E-state index contributed by atoms with van der Waals surface area (Å²) in [5.41, 5.74) is 11.7. The van der Waals surface area contributed by atoms with Gasteiger partial charge in [0.2, 0.25) is 0 Å². The molecule has 0 N–H and O–H groups in total. The van der Waals surface area contributed by atoms with E-state index in [0.717, 1.165) is 72.5 Å². The van der Waals surface area contributed by atoms with E-state index < -0.39 is 0 Å². The van der Waals surface area contributed by atoms with Crippen molar-refractivity contribution in [3.63, 3.8) is 0 Å². The van der Waals surface area contributed by atoms with E-state index in [2.05, 4.69) is 120 Å². The normalized spacial score (nSPS) is 11.4. The van der Waals surface area contributed by atoms with Crippen LogP contribution in [-0.2, 0) is 0 Å². The van der Waals surface area contributed by atoms with E-state index in [1.54, 1.807) is 0 Å². The van der Waals surface area contributed by atoms with Crippen LogP contribution in [0.4, 0.5) is 0 Å². The first kappa shape index (κ1) is 26.9. The lowest BCUT2D eigenvalue weighted by molar-refractivity contribution is 1.18. The van der Waals surface area contributed by atoms with Crippen molar-refractivity contribution in [2.45, 2.75) is 0 Å². The number of hydrogen-bond acceptors (Lipinski definition) is 4. The highest BCUT2D eigenvalue weighted by Crippen LogP contribution is 2.35. The molecule has 0 bridgehead atoms. The van der Waals surface area contributed by atoms with Gasteiger partial charge in [-0.2, -0.15) is 0 Å². The van der Waals surface area contributed by atoms with Crippen LogP contribution in [0, 0.1) is 0 Å². The summed E-state index contributed by atoms with van der Waals surface area (Å²) in [7, 11) is 0. The molecule has 5 heteroatoms.